The Morgan fingerprint density at radius 2 is 2.00 bits per heavy atom. The van der Waals surface area contributed by atoms with Crippen LogP contribution in [0.5, 0.6) is 0 Å². The molecule has 0 aliphatic rings. The van der Waals surface area contributed by atoms with E-state index in [-0.39, 0.29) is 5.91 Å². The summed E-state index contributed by atoms with van der Waals surface area (Å²) in [6.45, 7) is 0. The highest BCUT2D eigenvalue weighted by atomic mass is 79.9. The van der Waals surface area contributed by atoms with Crippen LogP contribution < -0.4 is 5.32 Å². The van der Waals surface area contributed by atoms with Crippen LogP contribution in [0.2, 0.25) is 0 Å². The number of fused-ring (bicyclic) bond motifs is 1. The topological polar surface area (TPSA) is 59.3 Å². The molecule has 0 spiro atoms. The maximum absolute atomic E-state index is 12.3. The van der Waals surface area contributed by atoms with E-state index in [1.54, 1.807) is 16.8 Å². The van der Waals surface area contributed by atoms with Crippen molar-refractivity contribution in [2.45, 2.75) is 0 Å². The van der Waals surface area contributed by atoms with Gasteiger partial charge in [0.25, 0.3) is 5.91 Å². The molecule has 118 valence electrons. The molecule has 0 fully saturated rings. The maximum atomic E-state index is 12.3. The zero-order valence-electron chi connectivity index (χ0n) is 12.3. The van der Waals surface area contributed by atoms with Crippen LogP contribution >= 0.6 is 27.3 Å². The standard InChI is InChI=1S/C17H11BrN4OS/c18-12-6-4-11(5-7-12)15-10-24-17(19-15)20-16(23)14-9-13-3-1-2-8-22(13)21-14/h1-10H,(H,19,20,23). The van der Waals surface area contributed by atoms with E-state index < -0.39 is 0 Å². The molecule has 4 rings (SSSR count). The van der Waals surface area contributed by atoms with E-state index in [9.17, 15) is 4.79 Å². The van der Waals surface area contributed by atoms with Gasteiger partial charge in [-0.1, -0.05) is 34.1 Å². The Morgan fingerprint density at radius 1 is 1.17 bits per heavy atom. The number of amides is 1. The van der Waals surface area contributed by atoms with Gasteiger partial charge in [0.1, 0.15) is 0 Å². The first kappa shape index (κ1) is 15.0. The molecule has 1 N–H and O–H groups in total. The molecule has 0 atom stereocenters. The molecular weight excluding hydrogens is 388 g/mol. The van der Waals surface area contributed by atoms with Crippen LogP contribution in [-0.4, -0.2) is 20.5 Å². The van der Waals surface area contributed by atoms with Crippen molar-refractivity contribution in [2.24, 2.45) is 0 Å². The summed E-state index contributed by atoms with van der Waals surface area (Å²) in [6.07, 6.45) is 1.81. The molecule has 0 unspecified atom stereocenters. The number of rotatable bonds is 3. The fourth-order valence-electron chi connectivity index (χ4n) is 2.29. The second kappa shape index (κ2) is 6.18. The average molecular weight is 399 g/mol. The summed E-state index contributed by atoms with van der Waals surface area (Å²) in [7, 11) is 0. The van der Waals surface area contributed by atoms with E-state index in [1.165, 1.54) is 11.3 Å². The van der Waals surface area contributed by atoms with Crippen LogP contribution in [0.4, 0.5) is 5.13 Å². The fourth-order valence-corrected chi connectivity index (χ4v) is 3.27. The van der Waals surface area contributed by atoms with Gasteiger partial charge in [-0.05, 0) is 30.3 Å². The highest BCUT2D eigenvalue weighted by Crippen LogP contribution is 2.26. The number of hydrogen-bond acceptors (Lipinski definition) is 4. The van der Waals surface area contributed by atoms with E-state index >= 15 is 0 Å². The van der Waals surface area contributed by atoms with Gasteiger partial charge in [0, 0.05) is 21.6 Å². The first-order valence-electron chi connectivity index (χ1n) is 7.16. The Balaban J connectivity index is 1.54. The minimum Gasteiger partial charge on any atom is -0.296 e. The van der Waals surface area contributed by atoms with Gasteiger partial charge in [-0.2, -0.15) is 5.10 Å². The molecule has 0 aliphatic heterocycles. The van der Waals surface area contributed by atoms with Gasteiger partial charge in [-0.25, -0.2) is 9.50 Å². The summed E-state index contributed by atoms with van der Waals surface area (Å²) in [5.74, 6) is -0.268. The first-order chi connectivity index (χ1) is 11.7. The molecule has 5 nitrogen and oxygen atoms in total. The van der Waals surface area contributed by atoms with Gasteiger partial charge in [0.05, 0.1) is 11.2 Å². The summed E-state index contributed by atoms with van der Waals surface area (Å²) in [5.41, 5.74) is 3.07. The number of halogens is 1. The quantitative estimate of drug-likeness (QED) is 0.553. The van der Waals surface area contributed by atoms with Crippen LogP contribution in [0.3, 0.4) is 0 Å². The number of thiazole rings is 1. The lowest BCUT2D eigenvalue weighted by molar-refractivity contribution is 0.102. The zero-order valence-corrected chi connectivity index (χ0v) is 14.7. The number of carbonyl (C=O) groups is 1. The van der Waals surface area contributed by atoms with Crippen molar-refractivity contribution in [3.05, 3.63) is 70.3 Å². The first-order valence-corrected chi connectivity index (χ1v) is 8.83. The zero-order chi connectivity index (χ0) is 16.5. The molecule has 3 heterocycles. The van der Waals surface area contributed by atoms with Crippen molar-refractivity contribution < 1.29 is 4.79 Å². The lowest BCUT2D eigenvalue weighted by Crippen LogP contribution is -2.12. The molecule has 4 aromatic rings. The molecule has 1 aromatic carbocycles. The predicted octanol–water partition coefficient (Wildman–Crippen LogP) is 4.47. The van der Waals surface area contributed by atoms with E-state index in [0.717, 1.165) is 21.2 Å². The lowest BCUT2D eigenvalue weighted by Gasteiger charge is -1.98. The maximum Gasteiger partial charge on any atom is 0.277 e. The number of pyridine rings is 1. The molecular formula is C17H11BrN4OS. The molecule has 7 heteroatoms. The fraction of sp³-hybridized carbons (Fsp3) is 0. The Morgan fingerprint density at radius 3 is 2.79 bits per heavy atom. The molecule has 24 heavy (non-hydrogen) atoms. The van der Waals surface area contributed by atoms with Gasteiger partial charge in [-0.15, -0.1) is 11.3 Å². The van der Waals surface area contributed by atoms with Crippen molar-refractivity contribution in [2.75, 3.05) is 5.32 Å². The third-order valence-electron chi connectivity index (χ3n) is 3.47. The van der Waals surface area contributed by atoms with Crippen LogP contribution in [-0.2, 0) is 0 Å². The van der Waals surface area contributed by atoms with Gasteiger partial charge in [0.2, 0.25) is 0 Å². The van der Waals surface area contributed by atoms with Crippen LogP contribution in [0.1, 0.15) is 10.5 Å². The van der Waals surface area contributed by atoms with E-state index in [0.29, 0.717) is 10.8 Å². The lowest BCUT2D eigenvalue weighted by atomic mass is 10.2. The monoisotopic (exact) mass is 398 g/mol. The number of anilines is 1. The second-order valence-electron chi connectivity index (χ2n) is 5.10. The summed E-state index contributed by atoms with van der Waals surface area (Å²) in [5, 5.41) is 9.53. The van der Waals surface area contributed by atoms with E-state index in [2.05, 4.69) is 31.3 Å². The third kappa shape index (κ3) is 2.95. The molecule has 0 aliphatic carbocycles. The van der Waals surface area contributed by atoms with Gasteiger partial charge < -0.3 is 0 Å². The van der Waals surface area contributed by atoms with Gasteiger partial charge in [-0.3, -0.25) is 10.1 Å². The van der Waals surface area contributed by atoms with Crippen LogP contribution in [0.15, 0.2) is 64.6 Å². The summed E-state index contributed by atoms with van der Waals surface area (Å²) in [4.78, 5) is 16.8. The number of benzene rings is 1. The Bertz CT molecular complexity index is 989. The molecule has 0 radical (unpaired) electrons. The van der Waals surface area contributed by atoms with Gasteiger partial charge in [0.15, 0.2) is 10.8 Å². The number of nitrogens with zero attached hydrogens (tertiary/aromatic N) is 3. The molecule has 0 bridgehead atoms. The normalized spacial score (nSPS) is 10.9. The van der Waals surface area contributed by atoms with Crippen molar-refractivity contribution in [1.82, 2.24) is 14.6 Å². The van der Waals surface area contributed by atoms with Crippen molar-refractivity contribution >= 4 is 43.8 Å². The van der Waals surface area contributed by atoms with E-state index in [1.807, 2.05) is 47.8 Å². The third-order valence-corrected chi connectivity index (χ3v) is 4.75. The van der Waals surface area contributed by atoms with Gasteiger partial charge >= 0.3 is 0 Å². The van der Waals surface area contributed by atoms with Crippen molar-refractivity contribution in [3.63, 3.8) is 0 Å². The Labute approximate surface area is 150 Å². The highest BCUT2D eigenvalue weighted by Gasteiger charge is 2.13. The molecule has 0 saturated heterocycles. The second-order valence-corrected chi connectivity index (χ2v) is 6.87. The molecule has 0 saturated carbocycles. The van der Waals surface area contributed by atoms with Crippen LogP contribution in [0, 0.1) is 0 Å². The van der Waals surface area contributed by atoms with Crippen molar-refractivity contribution in [1.29, 1.82) is 0 Å². The number of nitrogens with one attached hydrogen (secondary N) is 1. The van der Waals surface area contributed by atoms with E-state index in [4.69, 9.17) is 0 Å². The van der Waals surface area contributed by atoms with Crippen molar-refractivity contribution in [3.8, 4) is 11.3 Å². The average Bonchev–Trinajstić information content (AvgIpc) is 3.22. The Kier molecular flexibility index (Phi) is 3.87. The minimum atomic E-state index is -0.268. The summed E-state index contributed by atoms with van der Waals surface area (Å²) >= 11 is 4.80. The smallest absolute Gasteiger partial charge is 0.277 e. The molecule has 1 amide bonds. The predicted molar refractivity (Wildman–Crippen MR) is 98.4 cm³/mol. The molecule has 3 aromatic heterocycles. The highest BCUT2D eigenvalue weighted by molar-refractivity contribution is 9.10. The summed E-state index contributed by atoms with van der Waals surface area (Å²) < 4.78 is 2.69. The Hall–Kier alpha value is -2.51. The number of hydrogen-bond donors (Lipinski definition) is 1. The minimum absolute atomic E-state index is 0.268. The largest absolute Gasteiger partial charge is 0.296 e. The van der Waals surface area contributed by atoms with Crippen LogP contribution in [0.25, 0.3) is 16.8 Å². The summed E-state index contributed by atoms with van der Waals surface area (Å²) in [6, 6.07) is 15.3. The number of aromatic nitrogens is 3. The SMILES string of the molecule is O=C(Nc1nc(-c2ccc(Br)cc2)cs1)c1cc2ccccn2n1. The number of carbonyl (C=O) groups excluding carboxylic acids is 1.